The van der Waals surface area contributed by atoms with Crippen LogP contribution in [0.2, 0.25) is 0 Å². The maximum Gasteiger partial charge on any atom is 0.191 e. The minimum absolute atomic E-state index is 0. The maximum absolute atomic E-state index is 4.64. The molecule has 0 aliphatic rings. The van der Waals surface area contributed by atoms with E-state index in [1.165, 1.54) is 5.56 Å². The van der Waals surface area contributed by atoms with Crippen molar-refractivity contribution in [2.45, 2.75) is 33.2 Å². The van der Waals surface area contributed by atoms with E-state index >= 15 is 0 Å². The van der Waals surface area contributed by atoms with Gasteiger partial charge >= 0.3 is 0 Å². The Bertz CT molecular complexity index is 877. The molecule has 0 saturated heterocycles. The average Bonchev–Trinajstić information content (AvgIpc) is 3.11. The summed E-state index contributed by atoms with van der Waals surface area (Å²) in [7, 11) is 0. The van der Waals surface area contributed by atoms with E-state index in [0.29, 0.717) is 6.54 Å². The Morgan fingerprint density at radius 1 is 1.07 bits per heavy atom. The molecule has 154 valence electrons. The lowest BCUT2D eigenvalue weighted by Crippen LogP contribution is -2.37. The molecule has 0 bridgehead atoms. The summed E-state index contributed by atoms with van der Waals surface area (Å²) in [5.74, 6) is 0.824. The summed E-state index contributed by atoms with van der Waals surface area (Å²) < 4.78 is 1.95. The predicted octanol–water partition coefficient (Wildman–Crippen LogP) is 3.88. The number of benzene rings is 1. The van der Waals surface area contributed by atoms with Crippen molar-refractivity contribution in [3.63, 3.8) is 0 Å². The molecule has 0 aliphatic carbocycles. The number of aryl methyl sites for hydroxylation is 2. The molecular weight excluding hydrogens is 475 g/mol. The van der Waals surface area contributed by atoms with Gasteiger partial charge in [0.1, 0.15) is 0 Å². The molecule has 0 fully saturated rings. The summed E-state index contributed by atoms with van der Waals surface area (Å²) >= 11 is 0. The van der Waals surface area contributed by atoms with Gasteiger partial charge in [-0.3, -0.25) is 4.98 Å². The lowest BCUT2D eigenvalue weighted by atomic mass is 10.1. The average molecular weight is 504 g/mol. The van der Waals surface area contributed by atoms with Gasteiger partial charge in [-0.15, -0.1) is 24.0 Å². The lowest BCUT2D eigenvalue weighted by Gasteiger charge is -2.11. The van der Waals surface area contributed by atoms with Gasteiger partial charge in [0.15, 0.2) is 5.96 Å². The Hall–Kier alpha value is -2.42. The third-order valence-electron chi connectivity index (χ3n) is 4.41. The van der Waals surface area contributed by atoms with Gasteiger partial charge in [0.25, 0.3) is 0 Å². The number of nitrogens with zero attached hydrogens (tertiary/aromatic N) is 4. The molecule has 1 aromatic carbocycles. The van der Waals surface area contributed by atoms with Crippen molar-refractivity contribution in [2.75, 3.05) is 13.1 Å². The Morgan fingerprint density at radius 2 is 1.86 bits per heavy atom. The van der Waals surface area contributed by atoms with Crippen molar-refractivity contribution in [3.8, 4) is 5.69 Å². The van der Waals surface area contributed by atoms with E-state index in [9.17, 15) is 0 Å². The second kappa shape index (κ2) is 12.2. The van der Waals surface area contributed by atoms with Crippen molar-refractivity contribution in [3.05, 3.63) is 77.9 Å². The number of pyridine rings is 1. The highest BCUT2D eigenvalue weighted by Gasteiger charge is 2.06. The molecule has 0 radical (unpaired) electrons. The molecule has 0 atom stereocenters. The van der Waals surface area contributed by atoms with E-state index in [1.807, 2.05) is 41.1 Å². The summed E-state index contributed by atoms with van der Waals surface area (Å²) in [6, 6.07) is 16.1. The van der Waals surface area contributed by atoms with Crippen molar-refractivity contribution < 1.29 is 0 Å². The van der Waals surface area contributed by atoms with Gasteiger partial charge in [0.05, 0.1) is 23.6 Å². The highest BCUT2D eigenvalue weighted by atomic mass is 127. The third kappa shape index (κ3) is 7.16. The van der Waals surface area contributed by atoms with E-state index in [0.717, 1.165) is 49.0 Å². The fourth-order valence-electron chi connectivity index (χ4n) is 2.93. The van der Waals surface area contributed by atoms with E-state index in [2.05, 4.69) is 57.9 Å². The normalized spacial score (nSPS) is 11.0. The number of aromatic nitrogens is 3. The highest BCUT2D eigenvalue weighted by molar-refractivity contribution is 14.0. The summed E-state index contributed by atoms with van der Waals surface area (Å²) in [5, 5.41) is 11.3. The second-order valence-electron chi connectivity index (χ2n) is 6.57. The number of rotatable bonds is 8. The molecule has 6 nitrogen and oxygen atoms in total. The SMILES string of the molecule is CCNC(=NCc1ccccn1)NCCCc1cn(-c2ccccc2)nc1C.I. The minimum atomic E-state index is 0. The van der Waals surface area contributed by atoms with Crippen LogP contribution in [0.1, 0.15) is 30.3 Å². The Labute approximate surface area is 189 Å². The standard InChI is InChI=1S/C22H28N6.HI/c1-3-23-22(26-16-20-11-7-8-14-24-20)25-15-9-10-19-17-28(27-18(19)2)21-12-5-4-6-13-21;/h4-8,11-14,17H,3,9-10,15-16H2,1-2H3,(H2,23,25,26);1H. The van der Waals surface area contributed by atoms with Crippen molar-refractivity contribution >= 4 is 29.9 Å². The largest absolute Gasteiger partial charge is 0.357 e. The Kier molecular flexibility index (Phi) is 9.63. The molecule has 7 heteroatoms. The first-order valence-electron chi connectivity index (χ1n) is 9.79. The van der Waals surface area contributed by atoms with E-state index in [-0.39, 0.29) is 24.0 Å². The van der Waals surface area contributed by atoms with Crippen LogP contribution in [0.5, 0.6) is 0 Å². The van der Waals surface area contributed by atoms with Crippen LogP contribution in [0, 0.1) is 6.92 Å². The van der Waals surface area contributed by atoms with Crippen LogP contribution in [0.25, 0.3) is 5.69 Å². The number of aliphatic imine (C=N–C) groups is 1. The van der Waals surface area contributed by atoms with E-state index in [1.54, 1.807) is 6.20 Å². The molecule has 3 aromatic rings. The molecule has 29 heavy (non-hydrogen) atoms. The quantitative estimate of drug-likeness (QED) is 0.212. The summed E-state index contributed by atoms with van der Waals surface area (Å²) in [6.07, 6.45) is 5.91. The third-order valence-corrected chi connectivity index (χ3v) is 4.41. The first kappa shape index (κ1) is 22.9. The fraction of sp³-hybridized carbons (Fsp3) is 0.318. The van der Waals surface area contributed by atoms with Crippen molar-refractivity contribution in [1.82, 2.24) is 25.4 Å². The summed E-state index contributed by atoms with van der Waals surface area (Å²) in [6.45, 7) is 6.39. The zero-order valence-electron chi connectivity index (χ0n) is 17.0. The number of hydrogen-bond donors (Lipinski definition) is 2. The van der Waals surface area contributed by atoms with Crippen LogP contribution in [-0.2, 0) is 13.0 Å². The topological polar surface area (TPSA) is 67.1 Å². The molecule has 3 rings (SSSR count). The fourth-order valence-corrected chi connectivity index (χ4v) is 2.93. The van der Waals surface area contributed by atoms with Crippen LogP contribution in [0.4, 0.5) is 0 Å². The molecule has 0 unspecified atom stereocenters. The van der Waals surface area contributed by atoms with Crippen LogP contribution in [0.15, 0.2) is 65.9 Å². The number of para-hydroxylation sites is 1. The van der Waals surface area contributed by atoms with Gasteiger partial charge in [-0.1, -0.05) is 24.3 Å². The summed E-state index contributed by atoms with van der Waals surface area (Å²) in [4.78, 5) is 8.92. The van der Waals surface area contributed by atoms with Gasteiger partial charge in [0.2, 0.25) is 0 Å². The number of halogens is 1. The molecule has 0 amide bonds. The zero-order valence-corrected chi connectivity index (χ0v) is 19.3. The summed E-state index contributed by atoms with van der Waals surface area (Å²) in [5.41, 5.74) is 4.41. The maximum atomic E-state index is 4.64. The van der Waals surface area contributed by atoms with E-state index < -0.39 is 0 Å². The molecule has 2 heterocycles. The highest BCUT2D eigenvalue weighted by Crippen LogP contribution is 2.13. The smallest absolute Gasteiger partial charge is 0.191 e. The molecular formula is C22H29IN6. The van der Waals surface area contributed by atoms with Gasteiger partial charge < -0.3 is 10.6 Å². The first-order chi connectivity index (χ1) is 13.8. The molecule has 0 aliphatic heterocycles. The van der Waals surface area contributed by atoms with Gasteiger partial charge in [-0.25, -0.2) is 9.67 Å². The Morgan fingerprint density at radius 3 is 2.59 bits per heavy atom. The second-order valence-corrected chi connectivity index (χ2v) is 6.57. The van der Waals surface area contributed by atoms with Gasteiger partial charge in [0, 0.05) is 25.5 Å². The van der Waals surface area contributed by atoms with Crippen LogP contribution in [0.3, 0.4) is 0 Å². The lowest BCUT2D eigenvalue weighted by molar-refractivity contribution is 0.741. The first-order valence-corrected chi connectivity index (χ1v) is 9.79. The van der Waals surface area contributed by atoms with Gasteiger partial charge in [-0.2, -0.15) is 5.10 Å². The van der Waals surface area contributed by atoms with E-state index in [4.69, 9.17) is 0 Å². The van der Waals surface area contributed by atoms with Crippen LogP contribution < -0.4 is 10.6 Å². The molecule has 2 aromatic heterocycles. The number of hydrogen-bond acceptors (Lipinski definition) is 3. The molecule has 2 N–H and O–H groups in total. The van der Waals surface area contributed by atoms with Crippen LogP contribution in [-0.4, -0.2) is 33.8 Å². The van der Waals surface area contributed by atoms with Crippen LogP contribution >= 0.6 is 24.0 Å². The number of guanidine groups is 1. The van der Waals surface area contributed by atoms with Crippen molar-refractivity contribution in [2.24, 2.45) is 4.99 Å². The number of nitrogens with one attached hydrogen (secondary N) is 2. The Balaban J connectivity index is 0.00000300. The van der Waals surface area contributed by atoms with Crippen molar-refractivity contribution in [1.29, 1.82) is 0 Å². The molecule has 0 spiro atoms. The minimum Gasteiger partial charge on any atom is -0.357 e. The molecule has 0 saturated carbocycles. The monoisotopic (exact) mass is 504 g/mol. The van der Waals surface area contributed by atoms with Gasteiger partial charge in [-0.05, 0) is 56.5 Å². The zero-order chi connectivity index (χ0) is 19.6. The predicted molar refractivity (Wildman–Crippen MR) is 129 cm³/mol.